The fourth-order valence-electron chi connectivity index (χ4n) is 6.35. The monoisotopic (exact) mass is 561 g/mol. The van der Waals surface area contributed by atoms with Crippen molar-refractivity contribution >= 4 is 34.4 Å². The van der Waals surface area contributed by atoms with Gasteiger partial charge in [0.2, 0.25) is 11.8 Å². The number of aliphatic carboxylic acids is 1. The van der Waals surface area contributed by atoms with E-state index in [1.165, 1.54) is 12.1 Å². The highest BCUT2D eigenvalue weighted by molar-refractivity contribution is 6.24. The quantitative estimate of drug-likeness (QED) is 0.279. The van der Waals surface area contributed by atoms with Crippen LogP contribution < -0.4 is 10.2 Å². The molecule has 4 aromatic rings. The molecule has 3 aromatic carbocycles. The minimum atomic E-state index is -4.65. The van der Waals surface area contributed by atoms with Crippen LogP contribution in [0.15, 0.2) is 79.0 Å². The SMILES string of the molecule is CCc1ccc(N2C(=O)C3C(c4cccc(C(F)(F)F)c4)NC(Cc4c[nH]c5ccccc45)(C(=O)O)C3C2=O)cc1. The first-order valence-electron chi connectivity index (χ1n) is 13.2. The summed E-state index contributed by atoms with van der Waals surface area (Å²) in [6.45, 7) is 1.96. The molecule has 0 bridgehead atoms. The van der Waals surface area contributed by atoms with Crippen molar-refractivity contribution in [3.8, 4) is 0 Å². The molecule has 210 valence electrons. The van der Waals surface area contributed by atoms with Crippen LogP contribution in [0.3, 0.4) is 0 Å². The van der Waals surface area contributed by atoms with Crippen LogP contribution in [0.1, 0.15) is 35.2 Å². The van der Waals surface area contributed by atoms with Crippen molar-refractivity contribution in [1.29, 1.82) is 0 Å². The Balaban J connectivity index is 1.51. The number of hydrogen-bond donors (Lipinski definition) is 3. The van der Waals surface area contributed by atoms with E-state index in [2.05, 4.69) is 10.3 Å². The molecule has 2 fully saturated rings. The first-order chi connectivity index (χ1) is 19.5. The molecule has 3 N–H and O–H groups in total. The fraction of sp³-hybridized carbons (Fsp3) is 0.258. The van der Waals surface area contributed by atoms with E-state index in [4.69, 9.17) is 0 Å². The molecule has 2 aliphatic heterocycles. The van der Waals surface area contributed by atoms with E-state index < -0.39 is 52.9 Å². The van der Waals surface area contributed by atoms with Crippen molar-refractivity contribution in [2.75, 3.05) is 4.90 Å². The lowest BCUT2D eigenvalue weighted by Crippen LogP contribution is -2.57. The number of anilines is 1. The average Bonchev–Trinajstić information content (AvgIpc) is 3.60. The van der Waals surface area contributed by atoms with Gasteiger partial charge in [0.05, 0.1) is 23.1 Å². The molecule has 0 saturated carbocycles. The van der Waals surface area contributed by atoms with Crippen molar-refractivity contribution in [2.45, 2.75) is 37.5 Å². The van der Waals surface area contributed by atoms with Gasteiger partial charge in [0.25, 0.3) is 0 Å². The number of benzene rings is 3. The van der Waals surface area contributed by atoms with E-state index in [9.17, 15) is 32.7 Å². The Morgan fingerprint density at radius 1 is 1.00 bits per heavy atom. The van der Waals surface area contributed by atoms with Gasteiger partial charge >= 0.3 is 12.1 Å². The van der Waals surface area contributed by atoms with E-state index in [-0.39, 0.29) is 12.0 Å². The second-order valence-corrected chi connectivity index (χ2v) is 10.6. The summed E-state index contributed by atoms with van der Waals surface area (Å²) in [6, 6.07) is 17.4. The highest BCUT2D eigenvalue weighted by Crippen LogP contribution is 2.51. The maximum Gasteiger partial charge on any atom is 0.416 e. The van der Waals surface area contributed by atoms with Crippen LogP contribution in [0.25, 0.3) is 10.9 Å². The molecule has 0 radical (unpaired) electrons. The summed E-state index contributed by atoms with van der Waals surface area (Å²) < 4.78 is 40.9. The van der Waals surface area contributed by atoms with E-state index in [1.807, 2.05) is 25.1 Å². The Bertz CT molecular complexity index is 1680. The summed E-state index contributed by atoms with van der Waals surface area (Å²) in [5.74, 6) is -5.32. The zero-order valence-electron chi connectivity index (χ0n) is 21.9. The van der Waals surface area contributed by atoms with Crippen molar-refractivity contribution in [2.24, 2.45) is 11.8 Å². The highest BCUT2D eigenvalue weighted by atomic mass is 19.4. The molecule has 2 amide bonds. The van der Waals surface area contributed by atoms with Crippen LogP contribution in [0.4, 0.5) is 18.9 Å². The predicted octanol–water partition coefficient (Wildman–Crippen LogP) is 5.27. The molecular formula is C31H26F3N3O4. The number of aromatic nitrogens is 1. The van der Waals surface area contributed by atoms with Gasteiger partial charge in [-0.3, -0.25) is 19.7 Å². The lowest BCUT2D eigenvalue weighted by molar-refractivity contribution is -0.148. The molecule has 4 unspecified atom stereocenters. The van der Waals surface area contributed by atoms with Crippen LogP contribution >= 0.6 is 0 Å². The number of alkyl halides is 3. The van der Waals surface area contributed by atoms with E-state index in [1.54, 1.807) is 36.5 Å². The Labute approximate surface area is 233 Å². The van der Waals surface area contributed by atoms with Crippen LogP contribution in [0.2, 0.25) is 0 Å². The Morgan fingerprint density at radius 2 is 1.73 bits per heavy atom. The Kier molecular flexibility index (Phi) is 6.26. The van der Waals surface area contributed by atoms with Crippen molar-refractivity contribution in [3.05, 3.63) is 101 Å². The van der Waals surface area contributed by atoms with Crippen LogP contribution in [-0.4, -0.2) is 33.4 Å². The molecular weight excluding hydrogens is 535 g/mol. The van der Waals surface area contributed by atoms with E-state index >= 15 is 0 Å². The Hall–Kier alpha value is -4.44. The summed E-state index contributed by atoms with van der Waals surface area (Å²) in [5.41, 5.74) is -0.179. The van der Waals surface area contributed by atoms with Crippen LogP contribution in [0, 0.1) is 11.8 Å². The van der Waals surface area contributed by atoms with Gasteiger partial charge in [0.15, 0.2) is 0 Å². The molecule has 10 heteroatoms. The Morgan fingerprint density at radius 3 is 2.41 bits per heavy atom. The zero-order chi connectivity index (χ0) is 29.1. The van der Waals surface area contributed by atoms with Gasteiger partial charge in [-0.25, -0.2) is 4.90 Å². The number of aryl methyl sites for hydroxylation is 1. The minimum Gasteiger partial charge on any atom is -0.480 e. The molecule has 1 aromatic heterocycles. The first-order valence-corrected chi connectivity index (χ1v) is 13.2. The standard InChI is InChI=1S/C31H26F3N3O4/c1-2-17-10-12-21(13-11-17)37-27(38)24-25(28(37)39)30(29(40)41,15-19-16-35-23-9-4-3-8-22(19)23)36-26(24)18-6-5-7-20(14-18)31(32,33)34/h3-14,16,24-26,35-36H,2,15H2,1H3,(H,40,41). The number of fused-ring (bicyclic) bond motifs is 2. The number of rotatable bonds is 6. The molecule has 3 heterocycles. The molecule has 2 saturated heterocycles. The van der Waals surface area contributed by atoms with Crippen molar-refractivity contribution in [1.82, 2.24) is 10.3 Å². The summed E-state index contributed by atoms with van der Waals surface area (Å²) in [6.07, 6.45) is -2.43. The first kappa shape index (κ1) is 26.8. The number of H-pyrrole nitrogens is 1. The van der Waals surface area contributed by atoms with Gasteiger partial charge in [0, 0.05) is 29.6 Å². The normalized spacial score (nSPS) is 24.3. The second kappa shape index (κ2) is 9.59. The van der Waals surface area contributed by atoms with E-state index in [0.29, 0.717) is 11.3 Å². The number of hydrogen-bond acceptors (Lipinski definition) is 4. The number of carboxylic acids is 1. The zero-order valence-corrected chi connectivity index (χ0v) is 21.9. The fourth-order valence-corrected chi connectivity index (χ4v) is 6.35. The number of carbonyl (C=O) groups is 3. The van der Waals surface area contributed by atoms with Gasteiger partial charge in [-0.1, -0.05) is 49.4 Å². The number of aromatic amines is 1. The second-order valence-electron chi connectivity index (χ2n) is 10.6. The molecule has 0 aliphatic carbocycles. The topological polar surface area (TPSA) is 102 Å². The molecule has 41 heavy (non-hydrogen) atoms. The van der Waals surface area contributed by atoms with Gasteiger partial charge in [-0.15, -0.1) is 0 Å². The molecule has 2 aliphatic rings. The number of imide groups is 1. The van der Waals surface area contributed by atoms with Crippen LogP contribution in [0.5, 0.6) is 0 Å². The summed E-state index contributed by atoms with van der Waals surface area (Å²) in [4.78, 5) is 45.3. The van der Waals surface area contributed by atoms with Crippen molar-refractivity contribution < 1.29 is 32.7 Å². The number of carboxylic acid groups (broad SMARTS) is 1. The molecule has 6 rings (SSSR count). The van der Waals surface area contributed by atoms with Gasteiger partial charge < -0.3 is 10.1 Å². The van der Waals surface area contributed by atoms with Gasteiger partial charge in [0.1, 0.15) is 5.54 Å². The molecule has 0 spiro atoms. The third-order valence-corrected chi connectivity index (χ3v) is 8.36. The van der Waals surface area contributed by atoms with E-state index in [0.717, 1.165) is 39.9 Å². The number of nitrogens with one attached hydrogen (secondary N) is 2. The third-order valence-electron chi connectivity index (χ3n) is 8.36. The lowest BCUT2D eigenvalue weighted by atomic mass is 9.76. The number of halogens is 3. The third kappa shape index (κ3) is 4.21. The maximum absolute atomic E-state index is 14.1. The molecule has 4 atom stereocenters. The summed E-state index contributed by atoms with van der Waals surface area (Å²) >= 11 is 0. The highest BCUT2D eigenvalue weighted by Gasteiger charge is 2.68. The summed E-state index contributed by atoms with van der Waals surface area (Å²) in [5, 5.41) is 14.5. The van der Waals surface area contributed by atoms with Gasteiger partial charge in [-0.05, 0) is 53.4 Å². The van der Waals surface area contributed by atoms with Gasteiger partial charge in [-0.2, -0.15) is 13.2 Å². The smallest absolute Gasteiger partial charge is 0.416 e. The number of nitrogens with zero attached hydrogens (tertiary/aromatic N) is 1. The number of para-hydroxylation sites is 1. The van der Waals surface area contributed by atoms with Crippen LogP contribution in [-0.2, 0) is 33.4 Å². The number of carbonyl (C=O) groups excluding carboxylic acids is 2. The minimum absolute atomic E-state index is 0.0845. The predicted molar refractivity (Wildman–Crippen MR) is 145 cm³/mol. The molecule has 7 nitrogen and oxygen atoms in total. The maximum atomic E-state index is 14.1. The number of amides is 2. The average molecular weight is 562 g/mol. The largest absolute Gasteiger partial charge is 0.480 e. The lowest BCUT2D eigenvalue weighted by Gasteiger charge is -2.31. The summed E-state index contributed by atoms with van der Waals surface area (Å²) in [7, 11) is 0. The van der Waals surface area contributed by atoms with Crippen molar-refractivity contribution in [3.63, 3.8) is 0 Å².